The van der Waals surface area contributed by atoms with Crippen LogP contribution < -0.4 is 0 Å². The lowest BCUT2D eigenvalue weighted by Gasteiger charge is -2.11. The second kappa shape index (κ2) is 6.18. The number of aromatic hydroxyl groups is 1. The van der Waals surface area contributed by atoms with E-state index in [9.17, 15) is 5.11 Å². The van der Waals surface area contributed by atoms with E-state index in [0.717, 1.165) is 42.3 Å². The molecule has 0 saturated carbocycles. The molecule has 2 aromatic carbocycles. The first kappa shape index (κ1) is 14.6. The molecule has 0 radical (unpaired) electrons. The molecule has 3 rings (SSSR count). The smallest absolute Gasteiger partial charge is 0.146 e. The summed E-state index contributed by atoms with van der Waals surface area (Å²) in [5.41, 5.74) is 4.54. The van der Waals surface area contributed by atoms with Gasteiger partial charge in [0.1, 0.15) is 22.5 Å². The SMILES string of the molecule is CCCc1cc(CCC)c(O)c(-n2nc3ccccc3n2)c1. The van der Waals surface area contributed by atoms with Crippen LogP contribution >= 0.6 is 0 Å². The fraction of sp³-hybridized carbons (Fsp3) is 0.333. The van der Waals surface area contributed by atoms with Crippen molar-refractivity contribution in [1.82, 2.24) is 15.0 Å². The molecule has 0 aliphatic carbocycles. The summed E-state index contributed by atoms with van der Waals surface area (Å²) in [5.74, 6) is 0.294. The minimum atomic E-state index is 0.294. The molecule has 0 unspecified atom stereocenters. The summed E-state index contributed by atoms with van der Waals surface area (Å²) >= 11 is 0. The van der Waals surface area contributed by atoms with E-state index in [1.54, 1.807) is 4.80 Å². The molecule has 1 heterocycles. The van der Waals surface area contributed by atoms with Crippen LogP contribution in [0.3, 0.4) is 0 Å². The maximum atomic E-state index is 10.6. The predicted molar refractivity (Wildman–Crippen MR) is 88.5 cm³/mol. The van der Waals surface area contributed by atoms with Crippen molar-refractivity contribution in [3.8, 4) is 11.4 Å². The van der Waals surface area contributed by atoms with Crippen molar-refractivity contribution in [2.75, 3.05) is 0 Å². The van der Waals surface area contributed by atoms with Crippen molar-refractivity contribution in [3.63, 3.8) is 0 Å². The van der Waals surface area contributed by atoms with Crippen LogP contribution in [0.15, 0.2) is 36.4 Å². The first-order valence-electron chi connectivity index (χ1n) is 7.90. The summed E-state index contributed by atoms with van der Waals surface area (Å²) in [6.07, 6.45) is 3.92. The van der Waals surface area contributed by atoms with E-state index in [1.807, 2.05) is 30.3 Å². The van der Waals surface area contributed by atoms with Gasteiger partial charge in [0.15, 0.2) is 0 Å². The predicted octanol–water partition coefficient (Wildman–Crippen LogP) is 4.03. The Kier molecular flexibility index (Phi) is 4.09. The third-order valence-electron chi connectivity index (χ3n) is 3.79. The van der Waals surface area contributed by atoms with Gasteiger partial charge in [-0.15, -0.1) is 15.0 Å². The van der Waals surface area contributed by atoms with Crippen LogP contribution in [-0.2, 0) is 12.8 Å². The summed E-state index contributed by atoms with van der Waals surface area (Å²) in [7, 11) is 0. The number of hydrogen-bond donors (Lipinski definition) is 1. The van der Waals surface area contributed by atoms with Crippen LogP contribution in [0.4, 0.5) is 0 Å². The summed E-state index contributed by atoms with van der Waals surface area (Å²) in [6, 6.07) is 11.8. The molecule has 114 valence electrons. The fourth-order valence-corrected chi connectivity index (χ4v) is 2.76. The van der Waals surface area contributed by atoms with Gasteiger partial charge in [-0.2, -0.15) is 0 Å². The molecule has 0 spiro atoms. The van der Waals surface area contributed by atoms with Crippen molar-refractivity contribution < 1.29 is 5.11 Å². The monoisotopic (exact) mass is 295 g/mol. The lowest BCUT2D eigenvalue weighted by Crippen LogP contribution is -2.03. The number of aromatic nitrogens is 3. The molecule has 0 amide bonds. The molecule has 4 heteroatoms. The van der Waals surface area contributed by atoms with Crippen molar-refractivity contribution in [2.24, 2.45) is 0 Å². The third kappa shape index (κ3) is 2.69. The van der Waals surface area contributed by atoms with E-state index in [2.05, 4.69) is 30.1 Å². The van der Waals surface area contributed by atoms with E-state index in [1.165, 1.54) is 5.56 Å². The molecule has 0 aliphatic heterocycles. The average molecular weight is 295 g/mol. The summed E-state index contributed by atoms with van der Waals surface area (Å²) < 4.78 is 0. The number of aryl methyl sites for hydroxylation is 2. The molecule has 3 aromatic rings. The van der Waals surface area contributed by atoms with Crippen molar-refractivity contribution in [2.45, 2.75) is 39.5 Å². The zero-order chi connectivity index (χ0) is 15.5. The standard InChI is InChI=1S/C18H21N3O/c1-3-7-13-11-14(8-4-2)18(22)17(12-13)21-19-15-9-5-6-10-16(15)20-21/h5-6,9-12,22H,3-4,7-8H2,1-2H3. The van der Waals surface area contributed by atoms with Crippen molar-refractivity contribution in [3.05, 3.63) is 47.5 Å². The number of rotatable bonds is 5. The maximum Gasteiger partial charge on any atom is 0.146 e. The van der Waals surface area contributed by atoms with E-state index >= 15 is 0 Å². The molecule has 1 N–H and O–H groups in total. The van der Waals surface area contributed by atoms with Gasteiger partial charge in [-0.05, 0) is 42.2 Å². The highest BCUT2D eigenvalue weighted by molar-refractivity contribution is 5.73. The van der Waals surface area contributed by atoms with Gasteiger partial charge in [0.05, 0.1) is 0 Å². The van der Waals surface area contributed by atoms with Gasteiger partial charge in [-0.25, -0.2) is 0 Å². The fourth-order valence-electron chi connectivity index (χ4n) is 2.76. The van der Waals surface area contributed by atoms with Crippen molar-refractivity contribution >= 4 is 11.0 Å². The quantitative estimate of drug-likeness (QED) is 0.773. The Morgan fingerprint density at radius 3 is 2.18 bits per heavy atom. The third-order valence-corrected chi connectivity index (χ3v) is 3.79. The molecule has 0 fully saturated rings. The second-order valence-electron chi connectivity index (χ2n) is 5.60. The van der Waals surface area contributed by atoms with E-state index in [4.69, 9.17) is 0 Å². The first-order chi connectivity index (χ1) is 10.7. The van der Waals surface area contributed by atoms with Crippen molar-refractivity contribution in [1.29, 1.82) is 0 Å². The molecule has 0 atom stereocenters. The van der Waals surface area contributed by atoms with Crippen LogP contribution in [0.25, 0.3) is 16.7 Å². The highest BCUT2D eigenvalue weighted by Gasteiger charge is 2.14. The topological polar surface area (TPSA) is 50.9 Å². The van der Waals surface area contributed by atoms with Gasteiger partial charge >= 0.3 is 0 Å². The Morgan fingerprint density at radius 1 is 0.955 bits per heavy atom. The molecule has 1 aromatic heterocycles. The molecular formula is C18H21N3O. The normalized spacial score (nSPS) is 11.2. The first-order valence-corrected chi connectivity index (χ1v) is 7.90. The Bertz CT molecular complexity index is 759. The molecule has 0 aliphatic rings. The number of phenols is 1. The molecule has 22 heavy (non-hydrogen) atoms. The highest BCUT2D eigenvalue weighted by Crippen LogP contribution is 2.29. The lowest BCUT2D eigenvalue weighted by molar-refractivity contribution is 0.460. The number of nitrogens with zero attached hydrogens (tertiary/aromatic N) is 3. The van der Waals surface area contributed by atoms with Gasteiger partial charge in [0.2, 0.25) is 0 Å². The maximum absolute atomic E-state index is 10.6. The number of benzene rings is 2. The Hall–Kier alpha value is -2.36. The van der Waals surface area contributed by atoms with Crippen LogP contribution in [0.5, 0.6) is 5.75 Å². The van der Waals surface area contributed by atoms with E-state index in [-0.39, 0.29) is 0 Å². The summed E-state index contributed by atoms with van der Waals surface area (Å²) in [5, 5.41) is 19.6. The van der Waals surface area contributed by atoms with Crippen LogP contribution in [0, 0.1) is 0 Å². The van der Waals surface area contributed by atoms with Gasteiger partial charge in [-0.3, -0.25) is 0 Å². The summed E-state index contributed by atoms with van der Waals surface area (Å²) in [4.78, 5) is 1.55. The largest absolute Gasteiger partial charge is 0.505 e. The zero-order valence-electron chi connectivity index (χ0n) is 13.1. The van der Waals surface area contributed by atoms with Crippen LogP contribution in [-0.4, -0.2) is 20.1 Å². The lowest BCUT2D eigenvalue weighted by atomic mass is 10.0. The Morgan fingerprint density at radius 2 is 1.59 bits per heavy atom. The number of phenolic OH excluding ortho intramolecular Hbond substituents is 1. The summed E-state index contributed by atoms with van der Waals surface area (Å²) in [6.45, 7) is 4.28. The highest BCUT2D eigenvalue weighted by atomic mass is 16.3. The van der Waals surface area contributed by atoms with Gasteiger partial charge in [-0.1, -0.05) is 44.9 Å². The minimum absolute atomic E-state index is 0.294. The minimum Gasteiger partial charge on any atom is -0.505 e. The van der Waals surface area contributed by atoms with Crippen LogP contribution in [0.1, 0.15) is 37.8 Å². The van der Waals surface area contributed by atoms with E-state index in [0.29, 0.717) is 11.4 Å². The number of fused-ring (bicyclic) bond motifs is 1. The molecule has 4 nitrogen and oxygen atoms in total. The Labute approximate surface area is 130 Å². The van der Waals surface area contributed by atoms with Gasteiger partial charge in [0, 0.05) is 0 Å². The molecular weight excluding hydrogens is 274 g/mol. The number of hydrogen-bond acceptors (Lipinski definition) is 3. The second-order valence-corrected chi connectivity index (χ2v) is 5.60. The van der Waals surface area contributed by atoms with E-state index < -0.39 is 0 Å². The van der Waals surface area contributed by atoms with Gasteiger partial charge < -0.3 is 5.11 Å². The van der Waals surface area contributed by atoms with Crippen LogP contribution in [0.2, 0.25) is 0 Å². The molecule has 0 saturated heterocycles. The average Bonchev–Trinajstić information content (AvgIpc) is 2.94. The molecule has 0 bridgehead atoms. The zero-order valence-corrected chi connectivity index (χ0v) is 13.1. The Balaban J connectivity index is 2.14. The van der Waals surface area contributed by atoms with Gasteiger partial charge in [0.25, 0.3) is 0 Å².